The third kappa shape index (κ3) is 3.83. The predicted molar refractivity (Wildman–Crippen MR) is 158 cm³/mol. The molecule has 5 aliphatic carbocycles. The maximum absolute atomic E-state index is 14.5. The molecule has 0 heterocycles. The highest BCUT2D eigenvalue weighted by Gasteiger charge is 2.75. The zero-order chi connectivity index (χ0) is 30.7. The van der Waals surface area contributed by atoms with Crippen LogP contribution < -0.4 is 4.72 Å². The topological polar surface area (TPSA) is 124 Å². The molecule has 0 aromatic heterocycles. The van der Waals surface area contributed by atoms with Gasteiger partial charge in [0.05, 0.1) is 11.3 Å². The van der Waals surface area contributed by atoms with Crippen molar-refractivity contribution < 1.29 is 23.1 Å². The molecule has 7 nitrogen and oxygen atoms in total. The van der Waals surface area contributed by atoms with Crippen molar-refractivity contribution in [1.29, 1.82) is 5.26 Å². The summed E-state index contributed by atoms with van der Waals surface area (Å²) in [5.41, 5.74) is -3.78. The monoisotopic (exact) mass is 584 g/mol. The number of sulfonamides is 1. The van der Waals surface area contributed by atoms with Crippen LogP contribution in [0.4, 0.5) is 0 Å². The van der Waals surface area contributed by atoms with Gasteiger partial charge in [0, 0.05) is 28.7 Å². The second kappa shape index (κ2) is 8.86. The zero-order valence-electron chi connectivity index (χ0n) is 26.1. The first kappa shape index (κ1) is 30.6. The summed E-state index contributed by atoms with van der Waals surface area (Å²) in [5, 5.41) is 22.9. The Kier molecular flexibility index (Phi) is 6.62. The Morgan fingerprint density at radius 2 is 1.63 bits per heavy atom. The minimum atomic E-state index is -3.37. The van der Waals surface area contributed by atoms with Crippen molar-refractivity contribution in [2.75, 3.05) is 12.3 Å². The van der Waals surface area contributed by atoms with E-state index in [0.29, 0.717) is 19.4 Å². The Hall–Kier alpha value is -1.82. The molecule has 0 amide bonds. The number of ketones is 2. The van der Waals surface area contributed by atoms with Gasteiger partial charge in [-0.3, -0.25) is 9.59 Å². The minimum Gasteiger partial charge on any atom is -0.381 e. The lowest BCUT2D eigenvalue weighted by Crippen LogP contribution is -2.74. The minimum absolute atomic E-state index is 0.0147. The SMILES string of the molecule is CCS(=O)(=O)NC[C@@]1(C)CC[C@]2(C)CC[C@@]3(C)[C@]4(C)CC[C@H]5C(C)(C)C(=O)C(C#N)=C[C@]5(C)C4=CC(=O)[C@]3(O)[C@@H]2C1. The fraction of sp³-hybridized carbons (Fsp3) is 0.788. The number of nitriles is 1. The van der Waals surface area contributed by atoms with Crippen LogP contribution in [-0.4, -0.2) is 43.0 Å². The van der Waals surface area contributed by atoms with Crippen LogP contribution in [-0.2, 0) is 19.6 Å². The van der Waals surface area contributed by atoms with Crippen LogP contribution in [0.25, 0.3) is 0 Å². The highest BCUT2D eigenvalue weighted by Crippen LogP contribution is 2.75. The van der Waals surface area contributed by atoms with Gasteiger partial charge in [0.15, 0.2) is 11.6 Å². The first-order valence-electron chi connectivity index (χ1n) is 15.3. The maximum atomic E-state index is 14.5. The lowest BCUT2D eigenvalue weighted by Gasteiger charge is -2.71. The van der Waals surface area contributed by atoms with E-state index in [1.165, 1.54) is 0 Å². The fourth-order valence-electron chi connectivity index (χ4n) is 10.4. The van der Waals surface area contributed by atoms with Crippen LogP contribution in [0.2, 0.25) is 0 Å². The van der Waals surface area contributed by atoms with E-state index in [2.05, 4.69) is 45.4 Å². The summed E-state index contributed by atoms with van der Waals surface area (Å²) < 4.78 is 27.4. The van der Waals surface area contributed by atoms with Gasteiger partial charge < -0.3 is 5.11 Å². The number of nitrogens with zero attached hydrogens (tertiary/aromatic N) is 1. The van der Waals surface area contributed by atoms with E-state index in [9.17, 15) is 28.4 Å². The Bertz CT molecular complexity index is 1420. The number of rotatable bonds is 4. The van der Waals surface area contributed by atoms with Gasteiger partial charge in [-0.1, -0.05) is 54.5 Å². The Morgan fingerprint density at radius 3 is 2.24 bits per heavy atom. The maximum Gasteiger partial charge on any atom is 0.211 e. The van der Waals surface area contributed by atoms with Crippen molar-refractivity contribution >= 4 is 21.6 Å². The summed E-state index contributed by atoms with van der Waals surface area (Å²) in [6.07, 6.45) is 8.82. The van der Waals surface area contributed by atoms with Crippen LogP contribution in [0, 0.1) is 55.7 Å². The van der Waals surface area contributed by atoms with Gasteiger partial charge in [-0.15, -0.1) is 0 Å². The van der Waals surface area contributed by atoms with Gasteiger partial charge in [0.25, 0.3) is 0 Å². The van der Waals surface area contributed by atoms with Gasteiger partial charge in [0.1, 0.15) is 11.7 Å². The number of hydrogen-bond acceptors (Lipinski definition) is 6. The first-order valence-corrected chi connectivity index (χ1v) is 17.0. The smallest absolute Gasteiger partial charge is 0.211 e. The zero-order valence-corrected chi connectivity index (χ0v) is 26.9. The van der Waals surface area contributed by atoms with E-state index in [4.69, 9.17) is 0 Å². The third-order valence-electron chi connectivity index (χ3n) is 13.4. The molecule has 41 heavy (non-hydrogen) atoms. The van der Waals surface area contributed by atoms with Gasteiger partial charge in [-0.2, -0.15) is 5.26 Å². The van der Waals surface area contributed by atoms with Crippen LogP contribution in [0.15, 0.2) is 23.3 Å². The van der Waals surface area contributed by atoms with E-state index in [0.717, 1.165) is 37.7 Å². The van der Waals surface area contributed by atoms with E-state index in [1.54, 1.807) is 13.0 Å². The standard InChI is InChI=1S/C33H48N2O5S/c1-9-41(39,40)35-20-28(4)12-13-29(5)14-15-32(8)31(7)11-10-22-27(2,3)26(37)21(19-34)17-30(22,6)23(31)16-25(36)33(32,38)24(29)18-28/h16-17,22,24,35,38H,9-15,18,20H2,1-8H3/t22-,24+,28-,29+,30-,31+,32-,33+/m0/s1. The van der Waals surface area contributed by atoms with Crippen molar-refractivity contribution in [1.82, 2.24) is 4.72 Å². The molecule has 5 rings (SSSR count). The second-order valence-electron chi connectivity index (χ2n) is 15.9. The molecule has 0 aliphatic heterocycles. The molecule has 2 N–H and O–H groups in total. The van der Waals surface area contributed by atoms with Gasteiger partial charge >= 0.3 is 0 Å². The van der Waals surface area contributed by atoms with Crippen molar-refractivity contribution in [2.24, 2.45) is 44.3 Å². The Balaban J connectivity index is 1.64. The number of carbonyl (C=O) groups excluding carboxylic acids is 2. The van der Waals surface area contributed by atoms with E-state index in [1.807, 2.05) is 19.9 Å². The number of hydrogen-bond donors (Lipinski definition) is 2. The van der Waals surface area contributed by atoms with Crippen LogP contribution >= 0.6 is 0 Å². The number of fused-ring (bicyclic) bond motifs is 7. The molecule has 8 atom stereocenters. The van der Waals surface area contributed by atoms with Crippen LogP contribution in [0.1, 0.15) is 100 Å². The summed E-state index contributed by atoms with van der Waals surface area (Å²) in [5.74, 6) is -0.767. The average Bonchev–Trinajstić information content (AvgIpc) is 2.90. The molecule has 5 aliphatic rings. The summed E-state index contributed by atoms with van der Waals surface area (Å²) >= 11 is 0. The number of aliphatic hydroxyl groups is 1. The van der Waals surface area contributed by atoms with Gasteiger partial charge in [0.2, 0.25) is 10.0 Å². The lowest BCUT2D eigenvalue weighted by atomic mass is 9.33. The first-order chi connectivity index (χ1) is 18.7. The molecule has 0 saturated heterocycles. The number of carbonyl (C=O) groups is 2. The molecule has 226 valence electrons. The third-order valence-corrected chi connectivity index (χ3v) is 14.8. The molecule has 3 fully saturated rings. The molecular formula is C33H48N2O5S. The van der Waals surface area contributed by atoms with Gasteiger partial charge in [-0.25, -0.2) is 13.1 Å². The van der Waals surface area contributed by atoms with Crippen molar-refractivity contribution in [3.63, 3.8) is 0 Å². The Labute approximate surface area is 246 Å². The molecule has 3 saturated carbocycles. The van der Waals surface area contributed by atoms with Crippen molar-refractivity contribution in [2.45, 2.75) is 106 Å². The molecule has 0 spiro atoms. The summed E-state index contributed by atoms with van der Waals surface area (Å²) in [6, 6.07) is 2.14. The van der Waals surface area contributed by atoms with Crippen LogP contribution in [0.3, 0.4) is 0 Å². The molecule has 0 unspecified atom stereocenters. The van der Waals surface area contributed by atoms with E-state index < -0.39 is 37.3 Å². The lowest BCUT2D eigenvalue weighted by molar-refractivity contribution is -0.243. The number of nitrogens with one attached hydrogen (secondary N) is 1. The summed E-state index contributed by atoms with van der Waals surface area (Å²) in [7, 11) is -3.37. The molecule has 0 bridgehead atoms. The number of allylic oxidation sites excluding steroid dienone is 3. The van der Waals surface area contributed by atoms with Crippen molar-refractivity contribution in [3.8, 4) is 6.07 Å². The predicted octanol–water partition coefficient (Wildman–Crippen LogP) is 5.26. The molecule has 0 radical (unpaired) electrons. The van der Waals surface area contributed by atoms with Crippen molar-refractivity contribution in [3.05, 3.63) is 23.3 Å². The normalized spacial score (nSPS) is 47.1. The average molecular weight is 585 g/mol. The molecular weight excluding hydrogens is 536 g/mol. The highest BCUT2D eigenvalue weighted by molar-refractivity contribution is 7.89. The quantitative estimate of drug-likeness (QED) is 0.465. The van der Waals surface area contributed by atoms with E-state index in [-0.39, 0.29) is 45.6 Å². The second-order valence-corrected chi connectivity index (χ2v) is 18.0. The molecule has 0 aromatic rings. The number of Topliss-reactive ketones (excluding diaryl/α,β-unsaturated/α-hetero) is 1. The summed E-state index contributed by atoms with van der Waals surface area (Å²) in [4.78, 5) is 27.8. The van der Waals surface area contributed by atoms with Crippen LogP contribution in [0.5, 0.6) is 0 Å². The fourth-order valence-corrected chi connectivity index (χ4v) is 11.1. The molecule has 0 aromatic carbocycles. The highest BCUT2D eigenvalue weighted by atomic mass is 32.2. The summed E-state index contributed by atoms with van der Waals surface area (Å²) in [6.45, 7) is 16.4. The molecule has 8 heteroatoms. The largest absolute Gasteiger partial charge is 0.381 e. The van der Waals surface area contributed by atoms with Gasteiger partial charge in [-0.05, 0) is 85.7 Å². The van der Waals surface area contributed by atoms with E-state index >= 15 is 0 Å². The Morgan fingerprint density at radius 1 is 1.00 bits per heavy atom.